The van der Waals surface area contributed by atoms with Crippen LogP contribution < -0.4 is 0 Å². The first-order valence-corrected chi connectivity index (χ1v) is 10.4. The molecule has 3 heteroatoms. The Bertz CT molecular complexity index is 483. The minimum absolute atomic E-state index is 0.280. The van der Waals surface area contributed by atoms with Gasteiger partial charge in [-0.25, -0.2) is 0 Å². The van der Waals surface area contributed by atoms with E-state index < -0.39 is 7.26 Å². The van der Waals surface area contributed by atoms with Gasteiger partial charge in [-0.1, -0.05) is 26.2 Å². The normalized spacial score (nSPS) is 22.9. The Morgan fingerprint density at radius 3 is 2.14 bits per heavy atom. The molecule has 1 rings (SSSR count). The van der Waals surface area contributed by atoms with Crippen molar-refractivity contribution < 1.29 is 4.65 Å². The van der Waals surface area contributed by atoms with Gasteiger partial charge in [0.25, 0.3) is 0 Å². The molecule has 124 valence electrons. The molecule has 1 heterocycles. The molecule has 0 atom stereocenters. The Labute approximate surface area is 139 Å². The van der Waals surface area contributed by atoms with Gasteiger partial charge >= 0.3 is 0 Å². The maximum Gasteiger partial charge on any atom is 0.0931 e. The average Bonchev–Trinajstić information content (AvgIpc) is 2.35. The van der Waals surface area contributed by atoms with Crippen molar-refractivity contribution >= 4 is 14.7 Å². The first-order chi connectivity index (χ1) is 9.95. The zero-order valence-corrected chi connectivity index (χ0v) is 17.0. The third-order valence-electron chi connectivity index (χ3n) is 4.87. The second-order valence-corrected chi connectivity index (χ2v) is 13.6. The molecule has 0 amide bonds. The quantitative estimate of drug-likeness (QED) is 0.308. The lowest BCUT2D eigenvalue weighted by atomic mass is 9.95. The van der Waals surface area contributed by atoms with E-state index in [1.807, 2.05) is 14.4 Å². The molecule has 0 aromatic rings. The summed E-state index contributed by atoms with van der Waals surface area (Å²) in [6, 6.07) is 0. The van der Waals surface area contributed by atoms with Gasteiger partial charge in [0.15, 0.2) is 0 Å². The lowest BCUT2D eigenvalue weighted by molar-refractivity contribution is 0.457. The van der Waals surface area contributed by atoms with Crippen LogP contribution in [0.4, 0.5) is 0 Å². The Balaban J connectivity index is 3.65. The Morgan fingerprint density at radius 1 is 1.14 bits per heavy atom. The van der Waals surface area contributed by atoms with Crippen molar-refractivity contribution in [3.8, 4) is 0 Å². The highest BCUT2D eigenvalue weighted by molar-refractivity contribution is 7.82. The van der Waals surface area contributed by atoms with Crippen LogP contribution in [-0.2, 0) is 4.65 Å². The van der Waals surface area contributed by atoms with Crippen molar-refractivity contribution in [2.75, 3.05) is 6.16 Å². The summed E-state index contributed by atoms with van der Waals surface area (Å²) in [6.07, 6.45) is 5.47. The average molecular weight is 320 g/mol. The van der Waals surface area contributed by atoms with E-state index >= 15 is 0 Å². The Morgan fingerprint density at radius 2 is 1.68 bits per heavy atom. The van der Waals surface area contributed by atoms with Gasteiger partial charge < -0.3 is 4.65 Å². The van der Waals surface area contributed by atoms with Crippen molar-refractivity contribution in [1.82, 2.24) is 0 Å². The highest BCUT2D eigenvalue weighted by atomic mass is 31.2. The van der Waals surface area contributed by atoms with E-state index in [0.29, 0.717) is 0 Å². The van der Waals surface area contributed by atoms with Crippen LogP contribution in [0.1, 0.15) is 68.7 Å². The van der Waals surface area contributed by atoms with Gasteiger partial charge in [-0.3, -0.25) is 0 Å². The van der Waals surface area contributed by atoms with Crippen molar-refractivity contribution in [3.63, 3.8) is 0 Å². The van der Waals surface area contributed by atoms with Crippen LogP contribution in [0.3, 0.4) is 0 Å². The zero-order valence-electron chi connectivity index (χ0n) is 16.1. The molecule has 0 fully saturated rings. The van der Waals surface area contributed by atoms with E-state index in [1.54, 1.807) is 5.31 Å². The van der Waals surface area contributed by atoms with Crippen LogP contribution in [0.25, 0.3) is 0 Å². The monoisotopic (exact) mass is 320 g/mol. The van der Waals surface area contributed by atoms with E-state index in [-0.39, 0.29) is 10.3 Å². The van der Waals surface area contributed by atoms with E-state index in [4.69, 9.17) is 4.65 Å². The highest BCUT2D eigenvalue weighted by Gasteiger charge is 2.59. The molecule has 1 aliphatic rings. The molecule has 0 aliphatic carbocycles. The fourth-order valence-corrected chi connectivity index (χ4v) is 10.6. The fourth-order valence-electron chi connectivity index (χ4n) is 4.02. The molecule has 1 aliphatic heterocycles. The van der Waals surface area contributed by atoms with Gasteiger partial charge in [0.05, 0.1) is 34.8 Å². The fraction of sp³-hybridized carbons (Fsp3) is 0.737. The van der Waals surface area contributed by atoms with E-state index in [9.17, 15) is 0 Å². The largest absolute Gasteiger partial charge is 0.775 e. The van der Waals surface area contributed by atoms with Gasteiger partial charge in [0.2, 0.25) is 0 Å². The topological polar surface area (TPSA) is 9.23 Å². The Hall–Kier alpha value is -0.445. The maximum atomic E-state index is 5.67. The molecule has 0 N–H and O–H groups in total. The molecule has 0 aromatic heterocycles. The lowest BCUT2D eigenvalue weighted by Gasteiger charge is -2.48. The number of rotatable bonds is 1. The van der Waals surface area contributed by atoms with E-state index in [2.05, 4.69) is 67.2 Å². The molecule has 0 saturated carbocycles. The molecule has 0 bridgehead atoms. The number of hydrogen-bond acceptors (Lipinski definition) is 1. The zero-order chi connectivity index (χ0) is 17.2. The molecule has 2 radical (unpaired) electrons. The van der Waals surface area contributed by atoms with E-state index in [1.165, 1.54) is 5.57 Å². The summed E-state index contributed by atoms with van der Waals surface area (Å²) >= 11 is 0. The SMILES string of the molecule is CCC1=C=C(C)O[B-]C/C=C(/C)[P+](C(C)(C)C)(C(C)(C)C)C1. The number of hydrogen-bond donors (Lipinski definition) is 0. The molecular formula is C19H34BOP. The minimum Gasteiger partial charge on any atom is -0.775 e. The third kappa shape index (κ3) is 3.90. The van der Waals surface area contributed by atoms with Crippen LogP contribution >= 0.6 is 7.26 Å². The summed E-state index contributed by atoms with van der Waals surface area (Å²) < 4.78 is 5.67. The third-order valence-corrected chi connectivity index (χ3v) is 11.7. The first-order valence-electron chi connectivity index (χ1n) is 8.45. The summed E-state index contributed by atoms with van der Waals surface area (Å²) in [5, 5.41) is 2.14. The number of allylic oxidation sites excluding steroid dienone is 3. The van der Waals surface area contributed by atoms with E-state index in [0.717, 1.165) is 24.7 Å². The molecule has 0 saturated heterocycles. The Kier molecular flexibility index (Phi) is 6.22. The van der Waals surface area contributed by atoms with Crippen LogP contribution in [-0.4, -0.2) is 24.0 Å². The summed E-state index contributed by atoms with van der Waals surface area (Å²) in [4.78, 5) is 0. The molecular weight excluding hydrogens is 286 g/mol. The summed E-state index contributed by atoms with van der Waals surface area (Å²) in [7, 11) is 0.513. The molecule has 1 nitrogen and oxygen atoms in total. The maximum absolute atomic E-state index is 5.67. The highest BCUT2D eigenvalue weighted by Crippen LogP contribution is 2.82. The van der Waals surface area contributed by atoms with Crippen LogP contribution in [0, 0.1) is 0 Å². The van der Waals surface area contributed by atoms with Gasteiger partial charge in [-0.05, 0) is 61.8 Å². The summed E-state index contributed by atoms with van der Waals surface area (Å²) in [5.41, 5.74) is 4.94. The molecule has 0 spiro atoms. The van der Waals surface area contributed by atoms with Crippen molar-refractivity contribution in [2.24, 2.45) is 0 Å². The van der Waals surface area contributed by atoms with Crippen molar-refractivity contribution in [2.45, 2.75) is 85.4 Å². The molecule has 22 heavy (non-hydrogen) atoms. The van der Waals surface area contributed by atoms with Gasteiger partial charge in [-0.15, -0.1) is 0 Å². The smallest absolute Gasteiger partial charge is 0.0931 e. The molecule has 0 aromatic carbocycles. The van der Waals surface area contributed by atoms with Crippen molar-refractivity contribution in [1.29, 1.82) is 0 Å². The van der Waals surface area contributed by atoms with Crippen LogP contribution in [0.5, 0.6) is 0 Å². The standard InChI is InChI=1S/C19H34BOP/c1-10-17-13-15(2)21-20-12-11-16(3)22(14-17,18(4,5)6)19(7,8)9/h11H,10,12,14H2,1-9H3/b16-11-. The van der Waals surface area contributed by atoms with Crippen molar-refractivity contribution in [3.05, 3.63) is 28.5 Å². The van der Waals surface area contributed by atoms with Crippen LogP contribution in [0.15, 0.2) is 28.5 Å². The van der Waals surface area contributed by atoms with Crippen LogP contribution in [0.2, 0.25) is 6.32 Å². The predicted octanol–water partition coefficient (Wildman–Crippen LogP) is 6.41. The van der Waals surface area contributed by atoms with Gasteiger partial charge in [0.1, 0.15) is 0 Å². The molecule has 0 unspecified atom stereocenters. The summed E-state index contributed by atoms with van der Waals surface area (Å²) in [6.45, 7) is 21.2. The first kappa shape index (κ1) is 19.6. The summed E-state index contributed by atoms with van der Waals surface area (Å²) in [5.74, 6) is 0.894. The minimum atomic E-state index is -1.39. The second-order valence-electron chi connectivity index (χ2n) is 8.31. The second kappa shape index (κ2) is 6.98. The van der Waals surface area contributed by atoms with Gasteiger partial charge in [0, 0.05) is 5.57 Å². The lowest BCUT2D eigenvalue weighted by Crippen LogP contribution is -2.36. The van der Waals surface area contributed by atoms with Gasteiger partial charge in [-0.2, -0.15) is 6.32 Å². The predicted molar refractivity (Wildman–Crippen MR) is 103 cm³/mol.